The zero-order valence-electron chi connectivity index (χ0n) is 11.2. The summed E-state index contributed by atoms with van der Waals surface area (Å²) >= 11 is 6.20. The van der Waals surface area contributed by atoms with Crippen molar-refractivity contribution < 1.29 is 0 Å². The van der Waals surface area contributed by atoms with E-state index in [1.54, 1.807) is 0 Å². The number of hydrogen-bond acceptors (Lipinski definition) is 3. The lowest BCUT2D eigenvalue weighted by Gasteiger charge is -2.28. The summed E-state index contributed by atoms with van der Waals surface area (Å²) in [6.45, 7) is 7.22. The molecule has 3 nitrogen and oxygen atoms in total. The second-order valence-electron chi connectivity index (χ2n) is 5.18. The third kappa shape index (κ3) is 3.59. The van der Waals surface area contributed by atoms with Crippen LogP contribution >= 0.6 is 11.6 Å². The maximum absolute atomic E-state index is 6.20. The van der Waals surface area contributed by atoms with E-state index in [2.05, 4.69) is 24.1 Å². The molecule has 2 rings (SSSR count). The highest BCUT2D eigenvalue weighted by Gasteiger charge is 2.13. The van der Waals surface area contributed by atoms with E-state index < -0.39 is 0 Å². The maximum Gasteiger partial charge on any atom is 0.128 e. The molecular formula is C14H22ClN3. The van der Waals surface area contributed by atoms with Gasteiger partial charge in [-0.1, -0.05) is 25.4 Å². The van der Waals surface area contributed by atoms with Crippen molar-refractivity contribution in [3.8, 4) is 0 Å². The molecule has 1 fully saturated rings. The summed E-state index contributed by atoms with van der Waals surface area (Å²) < 4.78 is 0. The molecular weight excluding hydrogens is 246 g/mol. The number of nitrogens with zero attached hydrogens (tertiary/aromatic N) is 2. The van der Waals surface area contributed by atoms with Gasteiger partial charge < -0.3 is 10.2 Å². The normalized spacial score (nSPS) is 16.3. The largest absolute Gasteiger partial charge is 0.357 e. The molecule has 1 aliphatic heterocycles. The van der Waals surface area contributed by atoms with Gasteiger partial charge in [0.1, 0.15) is 5.82 Å². The number of anilines is 1. The molecule has 1 aromatic rings. The molecule has 1 aromatic heterocycles. The number of hydrogen-bond donors (Lipinski definition) is 1. The monoisotopic (exact) mass is 267 g/mol. The van der Waals surface area contributed by atoms with Gasteiger partial charge in [-0.3, -0.25) is 0 Å². The average molecular weight is 268 g/mol. The Bertz CT molecular complexity index is 387. The Balaban J connectivity index is 2.09. The minimum atomic E-state index is 0.446. The lowest BCUT2D eigenvalue weighted by molar-refractivity contribution is 0.565. The molecule has 1 N–H and O–H groups in total. The SMILES string of the molecule is CC(C)NCc1nc(N2CCCCC2)ccc1Cl. The molecule has 0 atom stereocenters. The van der Waals surface area contributed by atoms with E-state index >= 15 is 0 Å². The van der Waals surface area contributed by atoms with Crippen molar-refractivity contribution in [1.82, 2.24) is 10.3 Å². The molecule has 0 aliphatic carbocycles. The highest BCUT2D eigenvalue weighted by molar-refractivity contribution is 6.31. The molecule has 18 heavy (non-hydrogen) atoms. The quantitative estimate of drug-likeness (QED) is 0.908. The molecule has 0 unspecified atom stereocenters. The molecule has 2 heterocycles. The van der Waals surface area contributed by atoms with E-state index in [1.807, 2.05) is 12.1 Å². The molecule has 0 bridgehead atoms. The van der Waals surface area contributed by atoms with Crippen molar-refractivity contribution in [1.29, 1.82) is 0 Å². The summed E-state index contributed by atoms with van der Waals surface area (Å²) in [7, 11) is 0. The first-order valence-corrected chi connectivity index (χ1v) is 7.18. The fourth-order valence-corrected chi connectivity index (χ4v) is 2.37. The van der Waals surface area contributed by atoms with Gasteiger partial charge in [-0.25, -0.2) is 4.98 Å². The number of rotatable bonds is 4. The van der Waals surface area contributed by atoms with Gasteiger partial charge in [-0.05, 0) is 31.4 Å². The van der Waals surface area contributed by atoms with Crippen LogP contribution in [0.15, 0.2) is 12.1 Å². The van der Waals surface area contributed by atoms with E-state index in [1.165, 1.54) is 19.3 Å². The molecule has 1 aliphatic rings. The minimum Gasteiger partial charge on any atom is -0.357 e. The number of halogens is 1. The van der Waals surface area contributed by atoms with E-state index in [-0.39, 0.29) is 0 Å². The molecule has 100 valence electrons. The molecule has 0 aromatic carbocycles. The number of piperidine rings is 1. The van der Waals surface area contributed by atoms with Gasteiger partial charge >= 0.3 is 0 Å². The van der Waals surface area contributed by atoms with Crippen molar-refractivity contribution in [2.45, 2.75) is 45.7 Å². The van der Waals surface area contributed by atoms with Gasteiger partial charge in [0.05, 0.1) is 10.7 Å². The first-order chi connectivity index (χ1) is 8.66. The van der Waals surface area contributed by atoms with Crippen molar-refractivity contribution >= 4 is 17.4 Å². The van der Waals surface area contributed by atoms with Crippen molar-refractivity contribution in [3.05, 3.63) is 22.8 Å². The minimum absolute atomic E-state index is 0.446. The van der Waals surface area contributed by atoms with Crippen LogP contribution in [-0.4, -0.2) is 24.1 Å². The Morgan fingerprint density at radius 2 is 2.00 bits per heavy atom. The summed E-state index contributed by atoms with van der Waals surface area (Å²) in [5.74, 6) is 1.07. The highest BCUT2D eigenvalue weighted by Crippen LogP contribution is 2.22. The first-order valence-electron chi connectivity index (χ1n) is 6.80. The van der Waals surface area contributed by atoms with E-state index in [9.17, 15) is 0 Å². The number of nitrogens with one attached hydrogen (secondary N) is 1. The van der Waals surface area contributed by atoms with Crippen LogP contribution in [0, 0.1) is 0 Å². The van der Waals surface area contributed by atoms with Crippen LogP contribution in [-0.2, 0) is 6.54 Å². The summed E-state index contributed by atoms with van der Waals surface area (Å²) in [6, 6.07) is 4.45. The van der Waals surface area contributed by atoms with Gasteiger partial charge in [0.25, 0.3) is 0 Å². The first kappa shape index (κ1) is 13.6. The Hall–Kier alpha value is -0.800. The van der Waals surface area contributed by atoms with Crippen LogP contribution < -0.4 is 10.2 Å². The van der Waals surface area contributed by atoms with Gasteiger partial charge in [-0.2, -0.15) is 0 Å². The zero-order valence-corrected chi connectivity index (χ0v) is 12.0. The molecule has 0 radical (unpaired) electrons. The molecule has 0 saturated carbocycles. The van der Waals surface area contributed by atoms with E-state index in [4.69, 9.17) is 16.6 Å². The van der Waals surface area contributed by atoms with Crippen molar-refractivity contribution in [2.24, 2.45) is 0 Å². The van der Waals surface area contributed by atoms with Crippen molar-refractivity contribution in [2.75, 3.05) is 18.0 Å². The van der Waals surface area contributed by atoms with Crippen LogP contribution in [0.3, 0.4) is 0 Å². The van der Waals surface area contributed by atoms with Crippen LogP contribution in [0.25, 0.3) is 0 Å². The highest BCUT2D eigenvalue weighted by atomic mass is 35.5. The third-order valence-corrected chi connectivity index (χ3v) is 3.61. The van der Waals surface area contributed by atoms with Crippen LogP contribution in [0.4, 0.5) is 5.82 Å². The Morgan fingerprint density at radius 3 is 2.67 bits per heavy atom. The van der Waals surface area contributed by atoms with Gasteiger partial charge in [-0.15, -0.1) is 0 Å². The number of pyridine rings is 1. The second kappa shape index (κ2) is 6.39. The predicted molar refractivity (Wildman–Crippen MR) is 77.3 cm³/mol. The van der Waals surface area contributed by atoms with Gasteiger partial charge in [0.15, 0.2) is 0 Å². The fraction of sp³-hybridized carbons (Fsp3) is 0.643. The third-order valence-electron chi connectivity index (χ3n) is 3.26. The summed E-state index contributed by atoms with van der Waals surface area (Å²) in [6.07, 6.45) is 3.87. The lowest BCUT2D eigenvalue weighted by Crippen LogP contribution is -2.30. The summed E-state index contributed by atoms with van der Waals surface area (Å²) in [5, 5.41) is 4.12. The topological polar surface area (TPSA) is 28.2 Å². The van der Waals surface area contributed by atoms with E-state index in [0.29, 0.717) is 6.04 Å². The molecule has 0 amide bonds. The fourth-order valence-electron chi connectivity index (χ4n) is 2.20. The van der Waals surface area contributed by atoms with Gasteiger partial charge in [0.2, 0.25) is 0 Å². The second-order valence-corrected chi connectivity index (χ2v) is 5.59. The smallest absolute Gasteiger partial charge is 0.128 e. The summed E-state index contributed by atoms with van der Waals surface area (Å²) in [5.41, 5.74) is 0.952. The molecule has 0 spiro atoms. The average Bonchev–Trinajstić information content (AvgIpc) is 2.38. The Kier molecular flexibility index (Phi) is 4.84. The van der Waals surface area contributed by atoms with E-state index in [0.717, 1.165) is 36.2 Å². The lowest BCUT2D eigenvalue weighted by atomic mass is 10.1. The Labute approximate surface area is 115 Å². The van der Waals surface area contributed by atoms with Crippen molar-refractivity contribution in [3.63, 3.8) is 0 Å². The van der Waals surface area contributed by atoms with Crippen LogP contribution in [0.2, 0.25) is 5.02 Å². The zero-order chi connectivity index (χ0) is 13.0. The standard InChI is InChI=1S/C14H22ClN3/c1-11(2)16-10-13-12(15)6-7-14(17-13)18-8-4-3-5-9-18/h6-7,11,16H,3-5,8-10H2,1-2H3. The predicted octanol–water partition coefficient (Wildman–Crippen LogP) is 3.22. The van der Waals surface area contributed by atoms with Gasteiger partial charge in [0, 0.05) is 25.7 Å². The molecule has 1 saturated heterocycles. The van der Waals surface area contributed by atoms with Crippen LogP contribution in [0.1, 0.15) is 38.8 Å². The molecule has 4 heteroatoms. The Morgan fingerprint density at radius 1 is 1.28 bits per heavy atom. The summed E-state index contributed by atoms with van der Waals surface area (Å²) in [4.78, 5) is 7.06. The maximum atomic E-state index is 6.20. The van der Waals surface area contributed by atoms with Crippen LogP contribution in [0.5, 0.6) is 0 Å². The number of aromatic nitrogens is 1.